The van der Waals surface area contributed by atoms with Crippen molar-refractivity contribution in [1.82, 2.24) is 14.9 Å². The summed E-state index contributed by atoms with van der Waals surface area (Å²) < 4.78 is 5.90. The smallest absolute Gasteiger partial charge is 0.325 e. The van der Waals surface area contributed by atoms with Crippen molar-refractivity contribution in [3.05, 3.63) is 61.9 Å². The second kappa shape index (κ2) is 7.05. The van der Waals surface area contributed by atoms with Gasteiger partial charge in [0.2, 0.25) is 0 Å². The van der Waals surface area contributed by atoms with Crippen molar-refractivity contribution >= 4 is 0 Å². The fraction of sp³-hybridized carbons (Fsp3) is 0.444. The van der Waals surface area contributed by atoms with Crippen LogP contribution in [0.25, 0.3) is 0 Å². The molecule has 128 valence electrons. The van der Waals surface area contributed by atoms with Crippen molar-refractivity contribution in [2.24, 2.45) is 0 Å². The van der Waals surface area contributed by atoms with Crippen molar-refractivity contribution in [1.29, 1.82) is 0 Å². The highest BCUT2D eigenvalue weighted by atomic mass is 16.5. The summed E-state index contributed by atoms with van der Waals surface area (Å²) in [4.78, 5) is 30.1. The van der Waals surface area contributed by atoms with Crippen molar-refractivity contribution in [2.75, 3.05) is 26.2 Å². The zero-order chi connectivity index (χ0) is 17.1. The number of rotatable bonds is 5. The molecule has 6 nitrogen and oxygen atoms in total. The summed E-state index contributed by atoms with van der Waals surface area (Å²) in [6.07, 6.45) is 0.933. The number of hydrogen-bond donors (Lipinski definition) is 2. The molecule has 2 aromatic rings. The van der Waals surface area contributed by atoms with E-state index in [1.807, 2.05) is 6.92 Å². The Balaban J connectivity index is 1.54. The standard InChI is InChI=1S/C18H23N3O3/c1-12-3-4-13(2)16(9-12)24-8-7-21-6-5-14(11-21)15-10-17(22)20-18(23)19-15/h3-4,9-10,14H,5-8,11H2,1-2H3,(H2,19,20,22,23). The Bertz CT molecular complexity index is 796. The molecule has 1 aromatic heterocycles. The first-order valence-corrected chi connectivity index (χ1v) is 8.27. The summed E-state index contributed by atoms with van der Waals surface area (Å²) in [5.74, 6) is 1.13. The van der Waals surface area contributed by atoms with Crippen LogP contribution in [0.15, 0.2) is 33.9 Å². The van der Waals surface area contributed by atoms with E-state index in [1.54, 1.807) is 0 Å². The van der Waals surface area contributed by atoms with E-state index in [0.717, 1.165) is 43.1 Å². The van der Waals surface area contributed by atoms with Crippen molar-refractivity contribution in [2.45, 2.75) is 26.2 Å². The Kier molecular flexibility index (Phi) is 4.85. The number of hydrogen-bond acceptors (Lipinski definition) is 4. The zero-order valence-corrected chi connectivity index (χ0v) is 14.1. The molecule has 1 aromatic carbocycles. The van der Waals surface area contributed by atoms with Crippen LogP contribution >= 0.6 is 0 Å². The molecule has 0 aliphatic carbocycles. The van der Waals surface area contributed by atoms with Crippen LogP contribution in [0.5, 0.6) is 5.75 Å². The predicted molar refractivity (Wildman–Crippen MR) is 92.9 cm³/mol. The van der Waals surface area contributed by atoms with E-state index in [2.05, 4.69) is 40.0 Å². The number of likely N-dealkylation sites (tertiary alicyclic amines) is 1. The Morgan fingerprint density at radius 1 is 1.21 bits per heavy atom. The number of benzene rings is 1. The third-order valence-electron chi connectivity index (χ3n) is 4.50. The molecule has 1 unspecified atom stereocenters. The van der Waals surface area contributed by atoms with Crippen molar-refractivity contribution in [3.63, 3.8) is 0 Å². The van der Waals surface area contributed by atoms with E-state index in [-0.39, 0.29) is 11.5 Å². The van der Waals surface area contributed by atoms with Gasteiger partial charge in [-0.25, -0.2) is 4.79 Å². The summed E-state index contributed by atoms with van der Waals surface area (Å²) in [6, 6.07) is 7.70. The number of aryl methyl sites for hydroxylation is 2. The minimum absolute atomic E-state index is 0.195. The summed E-state index contributed by atoms with van der Waals surface area (Å²) in [7, 11) is 0. The van der Waals surface area contributed by atoms with Crippen LogP contribution in [-0.4, -0.2) is 41.1 Å². The molecule has 0 amide bonds. The quantitative estimate of drug-likeness (QED) is 0.872. The van der Waals surface area contributed by atoms with Gasteiger partial charge in [-0.1, -0.05) is 12.1 Å². The maximum atomic E-state index is 11.4. The molecule has 1 fully saturated rings. The minimum atomic E-state index is -0.436. The molecular formula is C18H23N3O3. The van der Waals surface area contributed by atoms with Crippen molar-refractivity contribution < 1.29 is 4.74 Å². The highest BCUT2D eigenvalue weighted by molar-refractivity contribution is 5.35. The second-order valence-electron chi connectivity index (χ2n) is 6.45. The normalized spacial score (nSPS) is 18.0. The molecule has 1 atom stereocenters. The highest BCUT2D eigenvalue weighted by Gasteiger charge is 2.24. The van der Waals surface area contributed by atoms with Gasteiger partial charge >= 0.3 is 5.69 Å². The Labute approximate surface area is 140 Å². The average molecular weight is 329 g/mol. The topological polar surface area (TPSA) is 78.2 Å². The lowest BCUT2D eigenvalue weighted by atomic mass is 10.1. The third-order valence-corrected chi connectivity index (χ3v) is 4.50. The third kappa shape index (κ3) is 3.94. The Hall–Kier alpha value is -2.34. The molecule has 2 N–H and O–H groups in total. The van der Waals surface area contributed by atoms with Gasteiger partial charge in [-0.2, -0.15) is 0 Å². The van der Waals surface area contributed by atoms with E-state index in [1.165, 1.54) is 11.6 Å². The molecular weight excluding hydrogens is 306 g/mol. The van der Waals surface area contributed by atoms with Crippen LogP contribution in [0.3, 0.4) is 0 Å². The summed E-state index contributed by atoms with van der Waals surface area (Å²) in [6.45, 7) is 7.33. The fourth-order valence-electron chi connectivity index (χ4n) is 3.14. The van der Waals surface area contributed by atoms with Gasteiger partial charge in [0.05, 0.1) is 0 Å². The van der Waals surface area contributed by atoms with Crippen LogP contribution in [-0.2, 0) is 0 Å². The molecule has 0 radical (unpaired) electrons. The van der Waals surface area contributed by atoms with E-state index in [9.17, 15) is 9.59 Å². The largest absolute Gasteiger partial charge is 0.492 e. The summed E-state index contributed by atoms with van der Waals surface area (Å²) in [5.41, 5.74) is 2.28. The predicted octanol–water partition coefficient (Wildman–Crippen LogP) is 1.55. The number of nitrogens with one attached hydrogen (secondary N) is 2. The monoisotopic (exact) mass is 329 g/mol. The lowest BCUT2D eigenvalue weighted by Gasteiger charge is -2.17. The molecule has 0 bridgehead atoms. The van der Waals surface area contributed by atoms with E-state index in [0.29, 0.717) is 6.61 Å². The molecule has 1 aliphatic rings. The lowest BCUT2D eigenvalue weighted by molar-refractivity contribution is 0.235. The second-order valence-corrected chi connectivity index (χ2v) is 6.45. The van der Waals surface area contributed by atoms with Gasteiger partial charge in [-0.05, 0) is 44.0 Å². The zero-order valence-electron chi connectivity index (χ0n) is 14.1. The lowest BCUT2D eigenvalue weighted by Crippen LogP contribution is -2.27. The van der Waals surface area contributed by atoms with Crippen molar-refractivity contribution in [3.8, 4) is 5.75 Å². The van der Waals surface area contributed by atoms with Gasteiger partial charge in [0, 0.05) is 30.8 Å². The highest BCUT2D eigenvalue weighted by Crippen LogP contribution is 2.24. The minimum Gasteiger partial charge on any atom is -0.492 e. The SMILES string of the molecule is Cc1ccc(C)c(OCCN2CCC(c3cc(=O)[nH]c(=O)[nH]3)C2)c1. The summed E-state index contributed by atoms with van der Waals surface area (Å²) in [5, 5.41) is 0. The van der Waals surface area contributed by atoms with Crippen LogP contribution in [0.1, 0.15) is 29.2 Å². The molecule has 24 heavy (non-hydrogen) atoms. The van der Waals surface area contributed by atoms with E-state index >= 15 is 0 Å². The molecule has 3 rings (SSSR count). The summed E-state index contributed by atoms with van der Waals surface area (Å²) >= 11 is 0. The fourth-order valence-corrected chi connectivity index (χ4v) is 3.14. The van der Waals surface area contributed by atoms with Crippen LogP contribution in [0.4, 0.5) is 0 Å². The molecule has 1 aliphatic heterocycles. The first kappa shape index (κ1) is 16.5. The van der Waals surface area contributed by atoms with Crippen LogP contribution in [0, 0.1) is 13.8 Å². The molecule has 6 heteroatoms. The number of aromatic nitrogens is 2. The Morgan fingerprint density at radius 2 is 2.04 bits per heavy atom. The first-order valence-electron chi connectivity index (χ1n) is 8.27. The van der Waals surface area contributed by atoms with Gasteiger partial charge in [0.25, 0.3) is 5.56 Å². The van der Waals surface area contributed by atoms with Crippen LogP contribution in [0.2, 0.25) is 0 Å². The maximum absolute atomic E-state index is 11.4. The molecule has 1 saturated heterocycles. The van der Waals surface area contributed by atoms with E-state index in [4.69, 9.17) is 4.74 Å². The van der Waals surface area contributed by atoms with Gasteiger partial charge in [0.15, 0.2) is 0 Å². The number of ether oxygens (including phenoxy) is 1. The number of nitrogens with zero attached hydrogens (tertiary/aromatic N) is 1. The molecule has 2 heterocycles. The molecule has 0 saturated carbocycles. The average Bonchev–Trinajstić information content (AvgIpc) is 2.99. The number of aromatic amines is 2. The van der Waals surface area contributed by atoms with Crippen LogP contribution < -0.4 is 16.0 Å². The maximum Gasteiger partial charge on any atom is 0.325 e. The Morgan fingerprint density at radius 3 is 2.83 bits per heavy atom. The first-order chi connectivity index (χ1) is 11.5. The van der Waals surface area contributed by atoms with E-state index < -0.39 is 5.69 Å². The van der Waals surface area contributed by atoms with Gasteiger partial charge in [0.1, 0.15) is 12.4 Å². The van der Waals surface area contributed by atoms with Gasteiger partial charge in [-0.3, -0.25) is 14.7 Å². The van der Waals surface area contributed by atoms with Gasteiger partial charge < -0.3 is 9.72 Å². The number of H-pyrrole nitrogens is 2. The molecule has 0 spiro atoms. The van der Waals surface area contributed by atoms with Gasteiger partial charge in [-0.15, -0.1) is 0 Å².